The Kier molecular flexibility index (Phi) is 5.25. The number of sulfone groups is 1. The maximum absolute atomic E-state index is 11.2. The lowest BCUT2D eigenvalue weighted by Gasteiger charge is -2.16. The number of rotatable bonds is 6. The second-order valence-electron chi connectivity index (χ2n) is 3.29. The lowest BCUT2D eigenvalue weighted by Crippen LogP contribution is -2.38. The van der Waals surface area contributed by atoms with Crippen LogP contribution < -0.4 is 5.32 Å². The zero-order valence-corrected chi connectivity index (χ0v) is 9.39. The maximum Gasteiger partial charge on any atom is 0.151 e. The second kappa shape index (κ2) is 5.40. The molecule has 0 aliphatic rings. The summed E-state index contributed by atoms with van der Waals surface area (Å²) >= 11 is 0. The Balaban J connectivity index is 4.01. The Morgan fingerprint density at radius 2 is 2.00 bits per heavy atom. The van der Waals surface area contributed by atoms with E-state index in [1.807, 2.05) is 13.8 Å². The molecule has 0 spiro atoms. The lowest BCUT2D eigenvalue weighted by atomic mass is 10.3. The number of hydrogen-bond donors (Lipinski definition) is 1. The van der Waals surface area contributed by atoms with Crippen molar-refractivity contribution in [3.8, 4) is 0 Å². The van der Waals surface area contributed by atoms with E-state index < -0.39 is 9.84 Å². The Bertz CT molecular complexity index is 246. The van der Waals surface area contributed by atoms with Gasteiger partial charge in [0.1, 0.15) is 0 Å². The molecule has 4 heteroatoms. The first-order chi connectivity index (χ1) is 5.91. The van der Waals surface area contributed by atoms with Crippen LogP contribution in [0.15, 0.2) is 12.7 Å². The standard InChI is InChI=1S/C9H19NO2S/c1-5-8(3)10-9(4)7-13(11,12)6-2/h5,8-10H,1,6-7H2,2-4H3. The van der Waals surface area contributed by atoms with E-state index in [0.717, 1.165) is 0 Å². The summed E-state index contributed by atoms with van der Waals surface area (Å²) < 4.78 is 22.4. The molecule has 3 nitrogen and oxygen atoms in total. The van der Waals surface area contributed by atoms with Gasteiger partial charge in [-0.1, -0.05) is 13.0 Å². The molecule has 0 amide bonds. The van der Waals surface area contributed by atoms with Crippen molar-refractivity contribution in [1.82, 2.24) is 5.32 Å². The van der Waals surface area contributed by atoms with E-state index in [4.69, 9.17) is 0 Å². The first kappa shape index (κ1) is 12.7. The first-order valence-corrected chi connectivity index (χ1v) is 6.32. The van der Waals surface area contributed by atoms with E-state index in [9.17, 15) is 8.42 Å². The molecule has 0 bridgehead atoms. The molecule has 0 saturated heterocycles. The minimum absolute atomic E-state index is 0.0158. The van der Waals surface area contributed by atoms with Crippen molar-refractivity contribution in [1.29, 1.82) is 0 Å². The molecule has 13 heavy (non-hydrogen) atoms. The third-order valence-corrected chi connectivity index (χ3v) is 3.73. The molecule has 2 atom stereocenters. The predicted molar refractivity (Wildman–Crippen MR) is 56.6 cm³/mol. The first-order valence-electron chi connectivity index (χ1n) is 4.50. The van der Waals surface area contributed by atoms with Gasteiger partial charge >= 0.3 is 0 Å². The van der Waals surface area contributed by atoms with Gasteiger partial charge in [-0.3, -0.25) is 0 Å². The van der Waals surface area contributed by atoms with Gasteiger partial charge in [0.05, 0.1) is 5.75 Å². The van der Waals surface area contributed by atoms with Crippen molar-refractivity contribution in [2.75, 3.05) is 11.5 Å². The topological polar surface area (TPSA) is 46.2 Å². The van der Waals surface area contributed by atoms with Crippen LogP contribution in [0.1, 0.15) is 20.8 Å². The molecule has 1 N–H and O–H groups in total. The largest absolute Gasteiger partial charge is 0.307 e. The fourth-order valence-corrected chi connectivity index (χ4v) is 2.16. The molecule has 0 saturated carbocycles. The summed E-state index contributed by atoms with van der Waals surface area (Å²) in [5, 5.41) is 3.12. The van der Waals surface area contributed by atoms with Crippen molar-refractivity contribution < 1.29 is 8.42 Å². The van der Waals surface area contributed by atoms with Crippen molar-refractivity contribution in [2.24, 2.45) is 0 Å². The Morgan fingerprint density at radius 1 is 1.46 bits per heavy atom. The maximum atomic E-state index is 11.2. The van der Waals surface area contributed by atoms with Gasteiger partial charge in [0, 0.05) is 17.8 Å². The van der Waals surface area contributed by atoms with E-state index in [1.54, 1.807) is 13.0 Å². The summed E-state index contributed by atoms with van der Waals surface area (Å²) in [7, 11) is -2.87. The summed E-state index contributed by atoms with van der Waals surface area (Å²) in [5.41, 5.74) is 0. The third-order valence-electron chi connectivity index (χ3n) is 1.84. The fourth-order valence-electron chi connectivity index (χ4n) is 1.06. The van der Waals surface area contributed by atoms with Gasteiger partial charge in [-0.15, -0.1) is 6.58 Å². The molecule has 0 radical (unpaired) electrons. The molecule has 0 aliphatic heterocycles. The summed E-state index contributed by atoms with van der Waals surface area (Å²) in [6.45, 7) is 9.10. The van der Waals surface area contributed by atoms with E-state index in [0.29, 0.717) is 0 Å². The highest BCUT2D eigenvalue weighted by atomic mass is 32.2. The highest BCUT2D eigenvalue weighted by Gasteiger charge is 2.13. The monoisotopic (exact) mass is 205 g/mol. The van der Waals surface area contributed by atoms with Gasteiger partial charge in [-0.25, -0.2) is 8.42 Å². The van der Waals surface area contributed by atoms with Gasteiger partial charge in [0.25, 0.3) is 0 Å². The zero-order chi connectivity index (χ0) is 10.5. The highest BCUT2D eigenvalue weighted by molar-refractivity contribution is 7.91. The number of hydrogen-bond acceptors (Lipinski definition) is 3. The normalized spacial score (nSPS) is 16.5. The smallest absolute Gasteiger partial charge is 0.151 e. The van der Waals surface area contributed by atoms with Crippen molar-refractivity contribution in [3.63, 3.8) is 0 Å². The lowest BCUT2D eigenvalue weighted by molar-refractivity contribution is 0.534. The summed E-state index contributed by atoms with van der Waals surface area (Å²) in [6.07, 6.45) is 1.76. The van der Waals surface area contributed by atoms with Gasteiger partial charge < -0.3 is 5.32 Å². The minimum atomic E-state index is -2.87. The molecule has 0 aromatic rings. The summed E-state index contributed by atoms with van der Waals surface area (Å²) in [4.78, 5) is 0. The third kappa shape index (κ3) is 5.82. The van der Waals surface area contributed by atoms with Crippen LogP contribution in [0.4, 0.5) is 0 Å². The SMILES string of the molecule is C=CC(C)NC(C)CS(=O)(=O)CC. The highest BCUT2D eigenvalue weighted by Crippen LogP contribution is 1.96. The van der Waals surface area contributed by atoms with Crippen LogP contribution in [0, 0.1) is 0 Å². The van der Waals surface area contributed by atoms with Crippen LogP contribution in [0.3, 0.4) is 0 Å². The molecule has 0 aliphatic carbocycles. The van der Waals surface area contributed by atoms with Gasteiger partial charge in [-0.2, -0.15) is 0 Å². The minimum Gasteiger partial charge on any atom is -0.307 e. The molecular weight excluding hydrogens is 186 g/mol. The molecule has 0 heterocycles. The van der Waals surface area contributed by atoms with E-state index in [2.05, 4.69) is 11.9 Å². The quantitative estimate of drug-likeness (QED) is 0.657. The van der Waals surface area contributed by atoms with Crippen molar-refractivity contribution in [3.05, 3.63) is 12.7 Å². The average Bonchev–Trinajstić information content (AvgIpc) is 2.03. The summed E-state index contributed by atoms with van der Waals surface area (Å²) in [5.74, 6) is 0.406. The van der Waals surface area contributed by atoms with Crippen LogP contribution in [-0.4, -0.2) is 32.0 Å². The second-order valence-corrected chi connectivity index (χ2v) is 5.69. The van der Waals surface area contributed by atoms with Gasteiger partial charge in [0.2, 0.25) is 0 Å². The van der Waals surface area contributed by atoms with Gasteiger partial charge in [-0.05, 0) is 13.8 Å². The van der Waals surface area contributed by atoms with Crippen molar-refractivity contribution in [2.45, 2.75) is 32.9 Å². The molecular formula is C9H19NO2S. The van der Waals surface area contributed by atoms with Crippen LogP contribution >= 0.6 is 0 Å². The fraction of sp³-hybridized carbons (Fsp3) is 0.778. The molecule has 78 valence electrons. The Labute approximate surface area is 81.1 Å². The van der Waals surface area contributed by atoms with E-state index in [1.165, 1.54) is 0 Å². The van der Waals surface area contributed by atoms with Crippen LogP contribution in [-0.2, 0) is 9.84 Å². The number of nitrogens with one attached hydrogen (secondary N) is 1. The molecule has 0 aromatic heterocycles. The molecule has 0 rings (SSSR count). The summed E-state index contributed by atoms with van der Waals surface area (Å²) in [6, 6.07) is 0.139. The van der Waals surface area contributed by atoms with Gasteiger partial charge in [0.15, 0.2) is 9.84 Å². The van der Waals surface area contributed by atoms with Crippen molar-refractivity contribution >= 4 is 9.84 Å². The molecule has 0 aromatic carbocycles. The van der Waals surface area contributed by atoms with E-state index in [-0.39, 0.29) is 23.6 Å². The Morgan fingerprint density at radius 3 is 2.38 bits per heavy atom. The zero-order valence-electron chi connectivity index (χ0n) is 8.58. The van der Waals surface area contributed by atoms with Crippen LogP contribution in [0.2, 0.25) is 0 Å². The van der Waals surface area contributed by atoms with Crippen LogP contribution in [0.5, 0.6) is 0 Å². The predicted octanol–water partition coefficient (Wildman–Crippen LogP) is 0.974. The average molecular weight is 205 g/mol. The Hall–Kier alpha value is -0.350. The molecule has 0 fully saturated rings. The van der Waals surface area contributed by atoms with Crippen LogP contribution in [0.25, 0.3) is 0 Å². The van der Waals surface area contributed by atoms with E-state index >= 15 is 0 Å². The molecule has 2 unspecified atom stereocenters.